The Labute approximate surface area is 94.5 Å². The Morgan fingerprint density at radius 1 is 1.06 bits per heavy atom. The lowest BCUT2D eigenvalue weighted by molar-refractivity contribution is 1.23. The maximum atomic E-state index is 5.86. The number of pyridine rings is 2. The minimum Gasteiger partial charge on any atom is -0.396 e. The third kappa shape index (κ3) is 2.28. The maximum absolute atomic E-state index is 5.86. The topological polar surface area (TPSA) is 63.8 Å². The van der Waals surface area contributed by atoms with Crippen molar-refractivity contribution in [2.45, 2.75) is 13.8 Å². The van der Waals surface area contributed by atoms with E-state index in [1.165, 1.54) is 0 Å². The first-order chi connectivity index (χ1) is 7.65. The van der Waals surface area contributed by atoms with Gasteiger partial charge in [0.05, 0.1) is 17.6 Å². The first kappa shape index (κ1) is 10.4. The van der Waals surface area contributed by atoms with Gasteiger partial charge < -0.3 is 11.1 Å². The van der Waals surface area contributed by atoms with Gasteiger partial charge in [0.2, 0.25) is 0 Å². The van der Waals surface area contributed by atoms with E-state index < -0.39 is 0 Å². The smallest absolute Gasteiger partial charge is 0.153 e. The molecule has 4 nitrogen and oxygen atoms in total. The molecule has 2 aromatic rings. The zero-order valence-electron chi connectivity index (χ0n) is 9.36. The van der Waals surface area contributed by atoms with Crippen LogP contribution in [0, 0.1) is 13.8 Å². The van der Waals surface area contributed by atoms with Crippen molar-refractivity contribution in [2.75, 3.05) is 11.1 Å². The number of hydrogen-bond acceptors (Lipinski definition) is 4. The van der Waals surface area contributed by atoms with E-state index in [9.17, 15) is 0 Å². The average molecular weight is 214 g/mol. The molecule has 0 saturated heterocycles. The number of nitrogen functional groups attached to an aromatic ring is 1. The van der Waals surface area contributed by atoms with Gasteiger partial charge in [-0.25, -0.2) is 4.98 Å². The largest absolute Gasteiger partial charge is 0.396 e. The van der Waals surface area contributed by atoms with Crippen LogP contribution in [0.2, 0.25) is 0 Å². The number of aromatic nitrogens is 2. The molecule has 0 aromatic carbocycles. The van der Waals surface area contributed by atoms with Gasteiger partial charge in [0, 0.05) is 12.4 Å². The zero-order chi connectivity index (χ0) is 11.5. The van der Waals surface area contributed by atoms with E-state index >= 15 is 0 Å². The van der Waals surface area contributed by atoms with E-state index in [2.05, 4.69) is 15.3 Å². The molecular formula is C12H14N4. The van der Waals surface area contributed by atoms with Crippen molar-refractivity contribution in [2.24, 2.45) is 0 Å². The van der Waals surface area contributed by atoms with Crippen LogP contribution in [0.3, 0.4) is 0 Å². The van der Waals surface area contributed by atoms with Crippen molar-refractivity contribution in [3.05, 3.63) is 41.9 Å². The number of nitrogens with one attached hydrogen (secondary N) is 1. The molecule has 0 atom stereocenters. The van der Waals surface area contributed by atoms with Gasteiger partial charge in [-0.3, -0.25) is 4.98 Å². The van der Waals surface area contributed by atoms with Crippen molar-refractivity contribution in [1.82, 2.24) is 9.97 Å². The molecule has 2 rings (SSSR count). The summed E-state index contributed by atoms with van der Waals surface area (Å²) >= 11 is 0. The molecular weight excluding hydrogens is 200 g/mol. The van der Waals surface area contributed by atoms with Crippen LogP contribution in [0.15, 0.2) is 30.7 Å². The van der Waals surface area contributed by atoms with E-state index in [0.29, 0.717) is 11.5 Å². The maximum Gasteiger partial charge on any atom is 0.153 e. The Morgan fingerprint density at radius 2 is 1.81 bits per heavy atom. The minimum absolute atomic E-state index is 0.640. The SMILES string of the molecule is Cc1cncc(Nc2ncc(C)cc2N)c1. The van der Waals surface area contributed by atoms with Gasteiger partial charge in [-0.1, -0.05) is 0 Å². The fraction of sp³-hybridized carbons (Fsp3) is 0.167. The number of rotatable bonds is 2. The van der Waals surface area contributed by atoms with E-state index in [1.54, 1.807) is 18.6 Å². The normalized spacial score (nSPS) is 10.1. The van der Waals surface area contributed by atoms with Crippen molar-refractivity contribution in [3.8, 4) is 0 Å². The molecule has 82 valence electrons. The third-order valence-corrected chi connectivity index (χ3v) is 2.19. The molecule has 16 heavy (non-hydrogen) atoms. The number of anilines is 3. The van der Waals surface area contributed by atoms with Gasteiger partial charge in [-0.05, 0) is 37.1 Å². The van der Waals surface area contributed by atoms with E-state index in [1.807, 2.05) is 26.0 Å². The van der Waals surface area contributed by atoms with Gasteiger partial charge in [-0.15, -0.1) is 0 Å². The predicted molar refractivity (Wildman–Crippen MR) is 65.6 cm³/mol. The first-order valence-corrected chi connectivity index (χ1v) is 5.06. The summed E-state index contributed by atoms with van der Waals surface area (Å²) in [6.45, 7) is 3.95. The van der Waals surface area contributed by atoms with Gasteiger partial charge in [-0.2, -0.15) is 0 Å². The van der Waals surface area contributed by atoms with Gasteiger partial charge in [0.1, 0.15) is 0 Å². The second-order valence-corrected chi connectivity index (χ2v) is 3.83. The van der Waals surface area contributed by atoms with Crippen LogP contribution in [-0.4, -0.2) is 9.97 Å². The molecule has 3 N–H and O–H groups in total. The summed E-state index contributed by atoms with van der Waals surface area (Å²) in [6.07, 6.45) is 5.33. The molecule has 0 spiro atoms. The van der Waals surface area contributed by atoms with Gasteiger partial charge >= 0.3 is 0 Å². The third-order valence-electron chi connectivity index (χ3n) is 2.19. The molecule has 0 fully saturated rings. The predicted octanol–water partition coefficient (Wildman–Crippen LogP) is 2.42. The molecule has 4 heteroatoms. The summed E-state index contributed by atoms with van der Waals surface area (Å²) < 4.78 is 0. The molecule has 0 aliphatic carbocycles. The first-order valence-electron chi connectivity index (χ1n) is 5.06. The van der Waals surface area contributed by atoms with Crippen LogP contribution in [0.5, 0.6) is 0 Å². The highest BCUT2D eigenvalue weighted by Gasteiger charge is 2.01. The van der Waals surface area contributed by atoms with Crippen LogP contribution in [-0.2, 0) is 0 Å². The fourth-order valence-corrected chi connectivity index (χ4v) is 1.46. The second kappa shape index (κ2) is 4.18. The lowest BCUT2D eigenvalue weighted by Gasteiger charge is -2.08. The Morgan fingerprint density at radius 3 is 2.50 bits per heavy atom. The minimum atomic E-state index is 0.640. The number of nitrogens with two attached hydrogens (primary N) is 1. The van der Waals surface area contributed by atoms with E-state index in [-0.39, 0.29) is 0 Å². The molecule has 0 radical (unpaired) electrons. The van der Waals surface area contributed by atoms with Crippen molar-refractivity contribution in [1.29, 1.82) is 0 Å². The standard InChI is InChI=1S/C12H14N4/c1-8-3-10(7-14-5-8)16-12-11(13)4-9(2)6-15-12/h3-7H,13H2,1-2H3,(H,15,16). The highest BCUT2D eigenvalue weighted by molar-refractivity contribution is 5.68. The number of nitrogens with zero attached hydrogens (tertiary/aromatic N) is 2. The molecule has 2 heterocycles. The van der Waals surface area contributed by atoms with E-state index in [4.69, 9.17) is 5.73 Å². The summed E-state index contributed by atoms with van der Waals surface area (Å²) in [5, 5.41) is 3.14. The Balaban J connectivity index is 2.27. The van der Waals surface area contributed by atoms with Gasteiger partial charge in [0.25, 0.3) is 0 Å². The highest BCUT2D eigenvalue weighted by atomic mass is 15.0. The quantitative estimate of drug-likeness (QED) is 0.805. The second-order valence-electron chi connectivity index (χ2n) is 3.83. The summed E-state index contributed by atoms with van der Waals surface area (Å²) in [5.74, 6) is 0.665. The monoisotopic (exact) mass is 214 g/mol. The van der Waals surface area contributed by atoms with Crippen LogP contribution in [0.1, 0.15) is 11.1 Å². The van der Waals surface area contributed by atoms with Crippen molar-refractivity contribution < 1.29 is 0 Å². The van der Waals surface area contributed by atoms with Crippen LogP contribution in [0.25, 0.3) is 0 Å². The molecule has 0 aliphatic heterocycles. The number of hydrogen-bond donors (Lipinski definition) is 2. The number of aryl methyl sites for hydroxylation is 2. The summed E-state index contributed by atoms with van der Waals surface area (Å²) in [4.78, 5) is 8.34. The Bertz CT molecular complexity index is 508. The molecule has 0 unspecified atom stereocenters. The lowest BCUT2D eigenvalue weighted by atomic mass is 10.2. The average Bonchev–Trinajstić information content (AvgIpc) is 2.22. The lowest BCUT2D eigenvalue weighted by Crippen LogP contribution is -2.00. The molecule has 0 saturated carbocycles. The molecule has 0 amide bonds. The van der Waals surface area contributed by atoms with Gasteiger partial charge in [0.15, 0.2) is 5.82 Å². The fourth-order valence-electron chi connectivity index (χ4n) is 1.46. The van der Waals surface area contributed by atoms with E-state index in [0.717, 1.165) is 16.8 Å². The zero-order valence-corrected chi connectivity index (χ0v) is 9.36. The van der Waals surface area contributed by atoms with Crippen LogP contribution >= 0.6 is 0 Å². The molecule has 0 aliphatic rings. The van der Waals surface area contributed by atoms with Crippen LogP contribution in [0.4, 0.5) is 17.2 Å². The highest BCUT2D eigenvalue weighted by Crippen LogP contribution is 2.20. The van der Waals surface area contributed by atoms with Crippen molar-refractivity contribution >= 4 is 17.2 Å². The molecule has 2 aromatic heterocycles. The van der Waals surface area contributed by atoms with Crippen molar-refractivity contribution in [3.63, 3.8) is 0 Å². The Hall–Kier alpha value is -2.10. The summed E-state index contributed by atoms with van der Waals surface area (Å²) in [7, 11) is 0. The van der Waals surface area contributed by atoms with Crippen LogP contribution < -0.4 is 11.1 Å². The molecule has 0 bridgehead atoms. The summed E-state index contributed by atoms with van der Waals surface area (Å²) in [5.41, 5.74) is 9.53. The Kier molecular flexibility index (Phi) is 2.72. The summed E-state index contributed by atoms with van der Waals surface area (Å²) in [6, 6.07) is 3.88.